The lowest BCUT2D eigenvalue weighted by molar-refractivity contribution is 0.635. The van der Waals surface area contributed by atoms with Crippen molar-refractivity contribution in [1.29, 1.82) is 0 Å². The van der Waals surface area contributed by atoms with E-state index in [9.17, 15) is 0 Å². The van der Waals surface area contributed by atoms with Crippen LogP contribution in [0.3, 0.4) is 0 Å². The van der Waals surface area contributed by atoms with E-state index in [0.29, 0.717) is 29.3 Å². The van der Waals surface area contributed by atoms with E-state index in [2.05, 4.69) is 104 Å². The predicted octanol–water partition coefficient (Wildman–Crippen LogP) is 11.4. The molecule has 0 spiro atoms. The SMILES string of the molecule is CC1C=CC=CC1c1cccc(-c2ccc3ccc(-c4nc(-c5ccccc5)nc(-c5cccc6oc7ccccc7c56)n4)cc3c2)c1. The second-order valence-corrected chi connectivity index (χ2v) is 12.5. The van der Waals surface area contributed by atoms with E-state index >= 15 is 0 Å². The largest absolute Gasteiger partial charge is 0.456 e. The number of benzene rings is 6. The predicted molar refractivity (Wildman–Crippen MR) is 197 cm³/mol. The molecule has 2 aromatic heterocycles. The molecular formula is C44H31N3O. The molecule has 2 unspecified atom stereocenters. The quantitative estimate of drug-likeness (QED) is 0.193. The molecular weight excluding hydrogens is 587 g/mol. The first-order valence-electron chi connectivity index (χ1n) is 16.4. The normalized spacial score (nSPS) is 15.9. The third kappa shape index (κ3) is 4.99. The van der Waals surface area contributed by atoms with Crippen LogP contribution in [0, 0.1) is 5.92 Å². The van der Waals surface area contributed by atoms with Crippen molar-refractivity contribution >= 4 is 32.7 Å². The van der Waals surface area contributed by atoms with Gasteiger partial charge in [-0.05, 0) is 57.6 Å². The van der Waals surface area contributed by atoms with Crippen LogP contribution in [0.1, 0.15) is 18.4 Å². The Hall–Kier alpha value is -6.13. The molecule has 4 nitrogen and oxygen atoms in total. The summed E-state index contributed by atoms with van der Waals surface area (Å²) in [6, 6.07) is 46.4. The summed E-state index contributed by atoms with van der Waals surface area (Å²) >= 11 is 0. The topological polar surface area (TPSA) is 51.8 Å². The van der Waals surface area contributed by atoms with Gasteiger partial charge in [0.15, 0.2) is 17.5 Å². The minimum Gasteiger partial charge on any atom is -0.456 e. The van der Waals surface area contributed by atoms with Crippen molar-refractivity contribution in [3.8, 4) is 45.3 Å². The van der Waals surface area contributed by atoms with Crippen molar-refractivity contribution in [3.63, 3.8) is 0 Å². The Balaban J connectivity index is 1.18. The number of furan rings is 1. The van der Waals surface area contributed by atoms with Crippen LogP contribution in [0.5, 0.6) is 0 Å². The van der Waals surface area contributed by atoms with E-state index in [1.54, 1.807) is 0 Å². The molecule has 0 N–H and O–H groups in total. The first-order chi connectivity index (χ1) is 23.7. The molecule has 0 saturated carbocycles. The van der Waals surface area contributed by atoms with Gasteiger partial charge in [0.25, 0.3) is 0 Å². The van der Waals surface area contributed by atoms with E-state index in [4.69, 9.17) is 19.4 Å². The van der Waals surface area contributed by atoms with Crippen LogP contribution in [-0.4, -0.2) is 15.0 Å². The van der Waals surface area contributed by atoms with Gasteiger partial charge < -0.3 is 4.42 Å². The molecule has 0 aliphatic heterocycles. The van der Waals surface area contributed by atoms with E-state index < -0.39 is 0 Å². The number of rotatable bonds is 5. The average Bonchev–Trinajstić information content (AvgIpc) is 3.54. The van der Waals surface area contributed by atoms with Gasteiger partial charge in [-0.3, -0.25) is 0 Å². The molecule has 6 aromatic carbocycles. The van der Waals surface area contributed by atoms with Gasteiger partial charge in [-0.15, -0.1) is 0 Å². The molecule has 0 radical (unpaired) electrons. The fraction of sp³-hybridized carbons (Fsp3) is 0.0682. The molecule has 228 valence electrons. The minimum absolute atomic E-state index is 0.379. The standard InChI is InChI=1S/C44H31N3O/c1-28-11-5-6-16-36(28)33-15-9-14-31(25-33)32-23-21-29-22-24-34(27-35(29)26-32)43-45-42(30-12-3-2-4-13-30)46-44(47-43)38-18-10-20-40-41(38)37-17-7-8-19-39(37)48-40/h2-28,36H,1H3. The Kier molecular flexibility index (Phi) is 6.79. The van der Waals surface area contributed by atoms with Crippen LogP contribution in [0.2, 0.25) is 0 Å². The second kappa shape index (κ2) is 11.6. The molecule has 9 rings (SSSR count). The highest BCUT2D eigenvalue weighted by molar-refractivity contribution is 6.11. The lowest BCUT2D eigenvalue weighted by atomic mass is 9.83. The molecule has 48 heavy (non-hydrogen) atoms. The highest BCUT2D eigenvalue weighted by atomic mass is 16.3. The number of hydrogen-bond donors (Lipinski definition) is 0. The van der Waals surface area contributed by atoms with Crippen molar-refractivity contribution in [2.24, 2.45) is 5.92 Å². The summed E-state index contributed by atoms with van der Waals surface area (Å²) in [6.45, 7) is 2.28. The summed E-state index contributed by atoms with van der Waals surface area (Å²) in [5, 5.41) is 4.35. The van der Waals surface area contributed by atoms with Gasteiger partial charge in [-0.25, -0.2) is 15.0 Å². The van der Waals surface area contributed by atoms with Gasteiger partial charge in [-0.1, -0.05) is 140 Å². The molecule has 2 atom stereocenters. The van der Waals surface area contributed by atoms with Crippen LogP contribution >= 0.6 is 0 Å². The molecule has 8 aromatic rings. The highest BCUT2D eigenvalue weighted by Gasteiger charge is 2.19. The smallest absolute Gasteiger partial charge is 0.164 e. The third-order valence-electron chi connectivity index (χ3n) is 9.42. The number of fused-ring (bicyclic) bond motifs is 4. The molecule has 1 aliphatic carbocycles. The zero-order valence-electron chi connectivity index (χ0n) is 26.4. The monoisotopic (exact) mass is 617 g/mol. The second-order valence-electron chi connectivity index (χ2n) is 12.5. The molecule has 0 bridgehead atoms. The maximum absolute atomic E-state index is 6.21. The Morgan fingerprint density at radius 1 is 0.500 bits per heavy atom. The molecule has 1 aliphatic rings. The van der Waals surface area contributed by atoms with Gasteiger partial charge in [0.1, 0.15) is 11.2 Å². The van der Waals surface area contributed by atoms with E-state index in [1.165, 1.54) is 22.1 Å². The summed E-state index contributed by atoms with van der Waals surface area (Å²) < 4.78 is 6.21. The van der Waals surface area contributed by atoms with Crippen LogP contribution in [-0.2, 0) is 0 Å². The maximum Gasteiger partial charge on any atom is 0.164 e. The summed E-state index contributed by atoms with van der Waals surface area (Å²) in [5.74, 6) is 2.72. The summed E-state index contributed by atoms with van der Waals surface area (Å²) in [4.78, 5) is 15.2. The lowest BCUT2D eigenvalue weighted by Gasteiger charge is -2.21. The molecule has 2 heterocycles. The van der Waals surface area contributed by atoms with Crippen molar-refractivity contribution < 1.29 is 4.42 Å². The van der Waals surface area contributed by atoms with Gasteiger partial charge in [0, 0.05) is 33.4 Å². The van der Waals surface area contributed by atoms with Crippen LogP contribution in [0.25, 0.3) is 78.0 Å². The average molecular weight is 618 g/mol. The number of aromatic nitrogens is 3. The number of para-hydroxylation sites is 1. The van der Waals surface area contributed by atoms with Gasteiger partial charge in [-0.2, -0.15) is 0 Å². The fourth-order valence-electron chi connectivity index (χ4n) is 6.93. The van der Waals surface area contributed by atoms with Crippen LogP contribution in [0.15, 0.2) is 162 Å². The van der Waals surface area contributed by atoms with E-state index in [1.807, 2.05) is 60.7 Å². The summed E-state index contributed by atoms with van der Waals surface area (Å²) in [6.07, 6.45) is 8.88. The first kappa shape index (κ1) is 28.1. The van der Waals surface area contributed by atoms with Crippen LogP contribution < -0.4 is 0 Å². The Labute approximate surface area is 278 Å². The van der Waals surface area contributed by atoms with Crippen molar-refractivity contribution in [3.05, 3.63) is 163 Å². The van der Waals surface area contributed by atoms with E-state index in [0.717, 1.165) is 44.0 Å². The number of hydrogen-bond acceptors (Lipinski definition) is 4. The van der Waals surface area contributed by atoms with Crippen molar-refractivity contribution in [2.45, 2.75) is 12.8 Å². The Morgan fingerprint density at radius 3 is 2.04 bits per heavy atom. The first-order valence-corrected chi connectivity index (χ1v) is 16.4. The molecule has 0 amide bonds. The van der Waals surface area contributed by atoms with Gasteiger partial charge in [0.2, 0.25) is 0 Å². The zero-order valence-corrected chi connectivity index (χ0v) is 26.4. The number of nitrogens with zero attached hydrogens (tertiary/aromatic N) is 3. The highest BCUT2D eigenvalue weighted by Crippen LogP contribution is 2.37. The Morgan fingerprint density at radius 2 is 1.17 bits per heavy atom. The van der Waals surface area contributed by atoms with Crippen LogP contribution in [0.4, 0.5) is 0 Å². The third-order valence-corrected chi connectivity index (χ3v) is 9.42. The van der Waals surface area contributed by atoms with Crippen molar-refractivity contribution in [2.75, 3.05) is 0 Å². The molecule has 0 saturated heterocycles. The van der Waals surface area contributed by atoms with Gasteiger partial charge in [0.05, 0.1) is 0 Å². The zero-order chi connectivity index (χ0) is 32.0. The van der Waals surface area contributed by atoms with Crippen molar-refractivity contribution in [1.82, 2.24) is 15.0 Å². The van der Waals surface area contributed by atoms with Gasteiger partial charge >= 0.3 is 0 Å². The number of allylic oxidation sites excluding steroid dienone is 4. The fourth-order valence-corrected chi connectivity index (χ4v) is 6.93. The minimum atomic E-state index is 0.379. The summed E-state index contributed by atoms with van der Waals surface area (Å²) in [7, 11) is 0. The molecule has 0 fully saturated rings. The lowest BCUT2D eigenvalue weighted by Crippen LogP contribution is -2.07. The maximum atomic E-state index is 6.21. The molecule has 4 heteroatoms. The summed E-state index contributed by atoms with van der Waals surface area (Å²) in [5.41, 5.74) is 8.17. The Bertz CT molecular complexity index is 2540. The van der Waals surface area contributed by atoms with E-state index in [-0.39, 0.29) is 0 Å².